The molecular formula is C47H55FN4O. The van der Waals surface area contributed by atoms with Gasteiger partial charge in [-0.05, 0) is 86.4 Å². The number of hydrogen-bond donors (Lipinski definition) is 0. The van der Waals surface area contributed by atoms with Crippen molar-refractivity contribution in [2.45, 2.75) is 112 Å². The lowest BCUT2D eigenvalue weighted by molar-refractivity contribution is 0.431. The monoisotopic (exact) mass is 710 g/mol. The van der Waals surface area contributed by atoms with E-state index >= 15 is 0 Å². The maximum atomic E-state index is 14.5. The summed E-state index contributed by atoms with van der Waals surface area (Å²) in [4.78, 5) is 4.55. The fourth-order valence-electron chi connectivity index (χ4n) is 8.35. The molecule has 1 aliphatic rings. The fraction of sp³-hybridized carbons (Fsp3) is 0.404. The minimum atomic E-state index is -0.325. The summed E-state index contributed by atoms with van der Waals surface area (Å²) in [6.45, 7) is 23.1. The molecule has 0 amide bonds. The molecule has 6 heteroatoms. The Morgan fingerprint density at radius 3 is 2.32 bits per heavy atom. The minimum Gasteiger partial charge on any atom is -0.457 e. The van der Waals surface area contributed by atoms with E-state index < -0.39 is 0 Å². The Hall–Kier alpha value is -4.71. The molecule has 0 fully saturated rings. The third-order valence-corrected chi connectivity index (χ3v) is 10.8. The first-order valence-corrected chi connectivity index (χ1v) is 19.4. The van der Waals surface area contributed by atoms with E-state index in [4.69, 9.17) is 9.84 Å². The SMILES string of the molecule is CC1=CCC[C@H](C)[C@@H]1c1c(C(C)(C)C)nn(-c2cc(CCC(C)C)cc(Oc3ccc4c5ccccc5n(-c5cc(F)ccn5)c4c3)c2)c1C(C)(C)C. The predicted octanol–water partition coefficient (Wildman–Crippen LogP) is 12.9. The minimum absolute atomic E-state index is 0.142. The second-order valence-corrected chi connectivity index (χ2v) is 17.7. The molecule has 0 unspecified atom stereocenters. The van der Waals surface area contributed by atoms with Crippen LogP contribution in [0.2, 0.25) is 0 Å². The van der Waals surface area contributed by atoms with Crippen molar-refractivity contribution in [2.75, 3.05) is 0 Å². The van der Waals surface area contributed by atoms with E-state index in [-0.39, 0.29) is 16.6 Å². The first kappa shape index (κ1) is 36.6. The number of para-hydroxylation sites is 1. The van der Waals surface area contributed by atoms with E-state index in [2.05, 4.69) is 121 Å². The van der Waals surface area contributed by atoms with Crippen molar-refractivity contribution in [1.82, 2.24) is 19.3 Å². The number of fused-ring (bicyclic) bond motifs is 3. The van der Waals surface area contributed by atoms with Gasteiger partial charge in [-0.25, -0.2) is 14.1 Å². The first-order valence-electron chi connectivity index (χ1n) is 19.4. The standard InChI is InChI=1S/C47H55FN4O/c1-29(2)18-19-32-24-34(52-45(47(8,9)10)43(44(50-52)46(5,6)7)42-30(3)14-13-15-31(42)4)27-36(25-32)53-35-20-21-38-37-16-11-12-17-39(37)51(40(38)28-35)41-26-33(48)22-23-49-41/h11-12,14,16-17,20-29,31,42H,13,15,18-19H2,1-10H3/t31-,42+/m0/s1. The number of rotatable bonds is 8. The van der Waals surface area contributed by atoms with Crippen molar-refractivity contribution >= 4 is 21.8 Å². The molecule has 0 bridgehead atoms. The molecule has 276 valence electrons. The van der Waals surface area contributed by atoms with Gasteiger partial charge in [-0.15, -0.1) is 0 Å². The van der Waals surface area contributed by atoms with Crippen molar-refractivity contribution in [1.29, 1.82) is 0 Å². The second-order valence-electron chi connectivity index (χ2n) is 17.7. The summed E-state index contributed by atoms with van der Waals surface area (Å²) in [5, 5.41) is 7.69. The van der Waals surface area contributed by atoms with Gasteiger partial charge in [0.15, 0.2) is 0 Å². The van der Waals surface area contributed by atoms with Crippen LogP contribution in [0.5, 0.6) is 11.5 Å². The van der Waals surface area contributed by atoms with E-state index in [1.165, 1.54) is 52.8 Å². The summed E-state index contributed by atoms with van der Waals surface area (Å²) >= 11 is 0. The third kappa shape index (κ3) is 7.17. The van der Waals surface area contributed by atoms with Gasteiger partial charge in [0.2, 0.25) is 0 Å². The zero-order valence-electron chi connectivity index (χ0n) is 33.2. The molecule has 53 heavy (non-hydrogen) atoms. The van der Waals surface area contributed by atoms with Crippen molar-refractivity contribution < 1.29 is 9.13 Å². The number of halogens is 1. The quantitative estimate of drug-likeness (QED) is 0.148. The highest BCUT2D eigenvalue weighted by Gasteiger charge is 2.39. The van der Waals surface area contributed by atoms with Crippen molar-refractivity contribution in [2.24, 2.45) is 11.8 Å². The Bertz CT molecular complexity index is 2330. The number of aromatic nitrogens is 4. The van der Waals surface area contributed by atoms with Gasteiger partial charge in [-0.2, -0.15) is 5.10 Å². The average molecular weight is 711 g/mol. The lowest BCUT2D eigenvalue weighted by Crippen LogP contribution is -2.25. The van der Waals surface area contributed by atoms with Gasteiger partial charge in [0.1, 0.15) is 23.1 Å². The molecule has 2 atom stereocenters. The molecule has 6 aromatic rings. The number of hydrogen-bond acceptors (Lipinski definition) is 3. The van der Waals surface area contributed by atoms with Crippen LogP contribution in [0.4, 0.5) is 4.39 Å². The molecule has 3 aromatic heterocycles. The summed E-state index contributed by atoms with van der Waals surface area (Å²) < 4.78 is 25.6. The van der Waals surface area contributed by atoms with Crippen LogP contribution in [0.25, 0.3) is 33.3 Å². The Kier molecular flexibility index (Phi) is 9.63. The van der Waals surface area contributed by atoms with E-state index in [1.807, 2.05) is 28.8 Å². The highest BCUT2D eigenvalue weighted by atomic mass is 19.1. The number of aryl methyl sites for hydroxylation is 1. The molecule has 7 rings (SSSR count). The molecule has 0 saturated carbocycles. The lowest BCUT2D eigenvalue weighted by Gasteiger charge is -2.34. The predicted molar refractivity (Wildman–Crippen MR) is 218 cm³/mol. The molecular weight excluding hydrogens is 656 g/mol. The maximum Gasteiger partial charge on any atom is 0.140 e. The molecule has 5 nitrogen and oxygen atoms in total. The Balaban J connectivity index is 1.40. The Morgan fingerprint density at radius 1 is 0.868 bits per heavy atom. The normalized spacial score (nSPS) is 16.9. The summed E-state index contributed by atoms with van der Waals surface area (Å²) in [5.74, 6) is 3.10. The van der Waals surface area contributed by atoms with Gasteiger partial charge in [0, 0.05) is 57.5 Å². The second kappa shape index (κ2) is 13.9. The van der Waals surface area contributed by atoms with Crippen molar-refractivity contribution in [3.05, 3.63) is 119 Å². The van der Waals surface area contributed by atoms with Gasteiger partial charge in [0.25, 0.3) is 0 Å². The van der Waals surface area contributed by atoms with Crippen LogP contribution in [0.15, 0.2) is 90.6 Å². The highest BCUT2D eigenvalue weighted by Crippen LogP contribution is 2.47. The molecule has 0 N–H and O–H groups in total. The van der Waals surface area contributed by atoms with Gasteiger partial charge < -0.3 is 4.74 Å². The molecule has 0 saturated heterocycles. The van der Waals surface area contributed by atoms with Crippen molar-refractivity contribution in [3.8, 4) is 23.0 Å². The van der Waals surface area contributed by atoms with Gasteiger partial charge >= 0.3 is 0 Å². The van der Waals surface area contributed by atoms with E-state index in [0.29, 0.717) is 29.3 Å². The third-order valence-electron chi connectivity index (χ3n) is 10.8. The zero-order valence-corrected chi connectivity index (χ0v) is 33.2. The molecule has 0 radical (unpaired) electrons. The highest BCUT2D eigenvalue weighted by molar-refractivity contribution is 6.09. The summed E-state index contributed by atoms with van der Waals surface area (Å²) in [6, 6.07) is 23.9. The summed E-state index contributed by atoms with van der Waals surface area (Å²) in [5.41, 5.74) is 9.10. The first-order chi connectivity index (χ1) is 25.1. The Labute approximate surface area is 314 Å². The van der Waals surface area contributed by atoms with Crippen LogP contribution in [0.1, 0.15) is 117 Å². The molecule has 1 aliphatic carbocycles. The van der Waals surface area contributed by atoms with E-state index in [1.54, 1.807) is 0 Å². The fourth-order valence-corrected chi connectivity index (χ4v) is 8.35. The number of ether oxygens (including phenoxy) is 1. The molecule has 3 heterocycles. The van der Waals surface area contributed by atoms with Crippen molar-refractivity contribution in [3.63, 3.8) is 0 Å². The maximum absolute atomic E-state index is 14.5. The average Bonchev–Trinajstić information content (AvgIpc) is 3.65. The zero-order chi connectivity index (χ0) is 37.8. The summed E-state index contributed by atoms with van der Waals surface area (Å²) in [6.07, 6.45) is 8.29. The van der Waals surface area contributed by atoms with E-state index in [0.717, 1.165) is 52.5 Å². The van der Waals surface area contributed by atoms with Gasteiger partial charge in [0.05, 0.1) is 28.1 Å². The van der Waals surface area contributed by atoms with Crippen LogP contribution < -0.4 is 4.74 Å². The van der Waals surface area contributed by atoms with Crippen LogP contribution in [-0.2, 0) is 17.3 Å². The molecule has 0 aliphatic heterocycles. The Morgan fingerprint density at radius 2 is 1.62 bits per heavy atom. The number of pyridine rings is 1. The largest absolute Gasteiger partial charge is 0.457 e. The number of benzene rings is 3. The van der Waals surface area contributed by atoms with Crippen LogP contribution in [-0.4, -0.2) is 19.3 Å². The smallest absolute Gasteiger partial charge is 0.140 e. The van der Waals surface area contributed by atoms with Crippen LogP contribution in [0.3, 0.4) is 0 Å². The topological polar surface area (TPSA) is 44.9 Å². The van der Waals surface area contributed by atoms with Crippen LogP contribution in [0, 0.1) is 17.7 Å². The number of allylic oxidation sites excluding steroid dienone is 2. The van der Waals surface area contributed by atoms with Gasteiger partial charge in [-0.1, -0.05) is 92.2 Å². The van der Waals surface area contributed by atoms with E-state index in [9.17, 15) is 4.39 Å². The lowest BCUT2D eigenvalue weighted by atomic mass is 9.70. The number of nitrogens with zero attached hydrogens (tertiary/aromatic N) is 4. The molecule has 3 aromatic carbocycles. The van der Waals surface area contributed by atoms with Gasteiger partial charge in [-0.3, -0.25) is 4.57 Å². The molecule has 0 spiro atoms. The summed E-state index contributed by atoms with van der Waals surface area (Å²) in [7, 11) is 0. The van der Waals surface area contributed by atoms with Crippen LogP contribution >= 0.6 is 0 Å².